The van der Waals surface area contributed by atoms with Crippen molar-refractivity contribution in [2.24, 2.45) is 28.5 Å². The van der Waals surface area contributed by atoms with Crippen LogP contribution >= 0.6 is 0 Å². The fraction of sp³-hybridized carbons (Fsp3) is 0.867. The van der Waals surface area contributed by atoms with E-state index in [0.29, 0.717) is 12.5 Å². The van der Waals surface area contributed by atoms with E-state index in [2.05, 4.69) is 10.3 Å². The van der Waals surface area contributed by atoms with Crippen LogP contribution in [0.25, 0.3) is 0 Å². The number of guanidine groups is 1. The minimum Gasteiger partial charge on any atom is -0.475 e. The maximum Gasteiger partial charge on any atom is 0.490 e. The molecule has 5 N–H and O–H groups in total. The maximum atomic E-state index is 10.6. The number of hydrogen-bond acceptors (Lipinski definition) is 3. The second kappa shape index (κ2) is 7.16. The van der Waals surface area contributed by atoms with Crippen LogP contribution in [0.4, 0.5) is 13.2 Å². The monoisotopic (exact) mass is 351 g/mol. The number of carbonyl (C=O) groups is 1. The van der Waals surface area contributed by atoms with E-state index < -0.39 is 12.1 Å². The van der Waals surface area contributed by atoms with Gasteiger partial charge < -0.3 is 21.3 Å². The van der Waals surface area contributed by atoms with E-state index in [4.69, 9.17) is 20.7 Å². The largest absolute Gasteiger partial charge is 0.490 e. The zero-order valence-corrected chi connectivity index (χ0v) is 13.4. The van der Waals surface area contributed by atoms with Gasteiger partial charge in [-0.05, 0) is 56.3 Å². The Labute approximate surface area is 138 Å². The Morgan fingerprint density at radius 2 is 1.58 bits per heavy atom. The van der Waals surface area contributed by atoms with E-state index in [1.807, 2.05) is 0 Å². The molecule has 24 heavy (non-hydrogen) atoms. The molecule has 4 aliphatic carbocycles. The number of carboxylic acids is 1. The van der Waals surface area contributed by atoms with Crippen LogP contribution in [-0.2, 0) is 4.79 Å². The van der Waals surface area contributed by atoms with Crippen molar-refractivity contribution in [3.05, 3.63) is 0 Å². The van der Waals surface area contributed by atoms with Crippen molar-refractivity contribution in [1.29, 1.82) is 0 Å². The van der Waals surface area contributed by atoms with Gasteiger partial charge in [0.05, 0.1) is 13.2 Å². The zero-order valence-electron chi connectivity index (χ0n) is 13.4. The van der Waals surface area contributed by atoms with Crippen molar-refractivity contribution >= 4 is 11.9 Å². The minimum absolute atomic E-state index is 0.0727. The van der Waals surface area contributed by atoms with Crippen LogP contribution in [0.15, 0.2) is 4.99 Å². The first-order valence-corrected chi connectivity index (χ1v) is 8.12. The number of aliphatic hydroxyl groups excluding tert-OH is 1. The van der Waals surface area contributed by atoms with Crippen molar-refractivity contribution in [2.75, 3.05) is 13.2 Å². The van der Waals surface area contributed by atoms with Crippen LogP contribution in [0, 0.1) is 17.8 Å². The van der Waals surface area contributed by atoms with Crippen LogP contribution in [0.3, 0.4) is 0 Å². The number of carboxylic acid groups (broad SMARTS) is 1. The molecule has 6 nitrogen and oxygen atoms in total. The quantitative estimate of drug-likeness (QED) is 0.455. The van der Waals surface area contributed by atoms with E-state index in [1.54, 1.807) is 0 Å². The summed E-state index contributed by atoms with van der Waals surface area (Å²) in [5.74, 6) is 0.520. The number of aliphatic hydroxyl groups is 1. The van der Waals surface area contributed by atoms with Gasteiger partial charge in [-0.25, -0.2) is 4.79 Å². The fourth-order valence-corrected chi connectivity index (χ4v) is 4.75. The molecule has 0 radical (unpaired) electrons. The predicted molar refractivity (Wildman–Crippen MR) is 81.3 cm³/mol. The number of aliphatic imine (C=N–C) groups is 1. The number of halogens is 3. The summed E-state index contributed by atoms with van der Waals surface area (Å²) in [6.07, 6.45) is 3.05. The van der Waals surface area contributed by atoms with E-state index >= 15 is 0 Å². The molecule has 4 fully saturated rings. The normalized spacial score (nSPS) is 34.5. The molecule has 0 heterocycles. The lowest BCUT2D eigenvalue weighted by Gasteiger charge is -2.57. The summed E-state index contributed by atoms with van der Waals surface area (Å²) in [6, 6.07) is 0. The molecule has 4 aliphatic rings. The van der Waals surface area contributed by atoms with Crippen molar-refractivity contribution in [2.45, 2.75) is 50.2 Å². The lowest BCUT2D eigenvalue weighted by Crippen LogP contribution is -2.61. The van der Waals surface area contributed by atoms with E-state index in [0.717, 1.165) is 17.8 Å². The van der Waals surface area contributed by atoms with Gasteiger partial charge in [0.15, 0.2) is 5.96 Å². The van der Waals surface area contributed by atoms with Crippen molar-refractivity contribution in [1.82, 2.24) is 5.32 Å². The number of hydrogen-bond donors (Lipinski definition) is 4. The molecular weight excluding hydrogens is 327 g/mol. The van der Waals surface area contributed by atoms with E-state index in [-0.39, 0.29) is 12.1 Å². The lowest BCUT2D eigenvalue weighted by atomic mass is 9.53. The second-order valence-electron chi connectivity index (χ2n) is 7.12. The van der Waals surface area contributed by atoms with E-state index in [1.165, 1.54) is 38.5 Å². The van der Waals surface area contributed by atoms with Crippen LogP contribution in [-0.4, -0.2) is 47.0 Å². The maximum absolute atomic E-state index is 10.6. The third kappa shape index (κ3) is 4.75. The Kier molecular flexibility index (Phi) is 5.62. The summed E-state index contributed by atoms with van der Waals surface area (Å²) in [5, 5.41) is 19.4. The summed E-state index contributed by atoms with van der Waals surface area (Å²) in [6.45, 7) is 0.481. The molecule has 138 valence electrons. The Hall–Kier alpha value is -1.51. The third-order valence-electron chi connectivity index (χ3n) is 5.06. The molecule has 0 aromatic heterocycles. The Morgan fingerprint density at radius 1 is 1.17 bits per heavy atom. The number of nitrogens with two attached hydrogens (primary N) is 1. The number of nitrogens with zero attached hydrogens (tertiary/aromatic N) is 1. The van der Waals surface area contributed by atoms with E-state index in [9.17, 15) is 13.2 Å². The molecule has 9 heteroatoms. The van der Waals surface area contributed by atoms with Gasteiger partial charge in [-0.1, -0.05) is 0 Å². The fourth-order valence-electron chi connectivity index (χ4n) is 4.75. The van der Waals surface area contributed by atoms with Gasteiger partial charge in [0.25, 0.3) is 0 Å². The number of aliphatic carboxylic acids is 1. The van der Waals surface area contributed by atoms with Gasteiger partial charge in [-0.15, -0.1) is 0 Å². The number of rotatable bonds is 3. The predicted octanol–water partition coefficient (Wildman–Crippen LogP) is 1.49. The Bertz CT molecular complexity index is 459. The van der Waals surface area contributed by atoms with Crippen LogP contribution in [0.5, 0.6) is 0 Å². The van der Waals surface area contributed by atoms with Crippen LogP contribution in [0.1, 0.15) is 38.5 Å². The lowest BCUT2D eigenvalue weighted by molar-refractivity contribution is -0.192. The number of nitrogens with one attached hydrogen (secondary N) is 1. The average Bonchev–Trinajstić information content (AvgIpc) is 2.42. The second-order valence-corrected chi connectivity index (χ2v) is 7.12. The Balaban J connectivity index is 0.000000256. The SMILES string of the molecule is NC(=NCCO)NC12CC3CC(CC(C3)C1)C2.O=C(O)C(F)(F)F. The highest BCUT2D eigenvalue weighted by atomic mass is 19.4. The molecule has 0 aliphatic heterocycles. The molecular formula is C15H24F3N3O3. The van der Waals surface area contributed by atoms with Crippen molar-refractivity contribution in [3.8, 4) is 0 Å². The Morgan fingerprint density at radius 3 is 1.92 bits per heavy atom. The summed E-state index contributed by atoms with van der Waals surface area (Å²) < 4.78 is 31.7. The smallest absolute Gasteiger partial charge is 0.475 e. The molecule has 0 saturated heterocycles. The number of alkyl halides is 3. The van der Waals surface area contributed by atoms with Gasteiger partial charge in [0.1, 0.15) is 0 Å². The van der Waals surface area contributed by atoms with Gasteiger partial charge in [0, 0.05) is 5.54 Å². The summed E-state index contributed by atoms with van der Waals surface area (Å²) in [4.78, 5) is 13.0. The third-order valence-corrected chi connectivity index (χ3v) is 5.06. The molecule has 4 rings (SSSR count). The van der Waals surface area contributed by atoms with Crippen molar-refractivity contribution < 1.29 is 28.2 Å². The highest BCUT2D eigenvalue weighted by Gasteiger charge is 2.51. The highest BCUT2D eigenvalue weighted by molar-refractivity contribution is 5.78. The molecule has 0 aromatic carbocycles. The molecule has 0 aromatic rings. The average molecular weight is 351 g/mol. The molecule has 0 spiro atoms. The molecule has 0 unspecified atom stereocenters. The highest BCUT2D eigenvalue weighted by Crippen LogP contribution is 2.55. The standard InChI is InChI=1S/C13H23N3O.C2HF3O2/c14-12(15-1-2-17)16-13-6-9-3-10(7-13)5-11(4-9)8-13;3-2(4,5)1(6)7/h9-11,17H,1-8H2,(H3,14,15,16);(H,6,7). The molecule has 4 saturated carbocycles. The summed E-state index contributed by atoms with van der Waals surface area (Å²) in [5.41, 5.74) is 6.14. The molecule has 0 amide bonds. The zero-order chi connectivity index (χ0) is 18.0. The van der Waals surface area contributed by atoms with Gasteiger partial charge in [-0.3, -0.25) is 4.99 Å². The van der Waals surface area contributed by atoms with Gasteiger partial charge in [-0.2, -0.15) is 13.2 Å². The van der Waals surface area contributed by atoms with Gasteiger partial charge >= 0.3 is 12.1 Å². The summed E-state index contributed by atoms with van der Waals surface area (Å²) in [7, 11) is 0. The first-order valence-electron chi connectivity index (χ1n) is 8.12. The van der Waals surface area contributed by atoms with Gasteiger partial charge in [0.2, 0.25) is 0 Å². The first kappa shape index (κ1) is 18.8. The first-order chi connectivity index (χ1) is 11.1. The van der Waals surface area contributed by atoms with Crippen LogP contribution in [0.2, 0.25) is 0 Å². The summed E-state index contributed by atoms with van der Waals surface area (Å²) >= 11 is 0. The molecule has 4 bridgehead atoms. The van der Waals surface area contributed by atoms with Crippen molar-refractivity contribution in [3.63, 3.8) is 0 Å². The van der Waals surface area contributed by atoms with Crippen LogP contribution < -0.4 is 11.1 Å². The topological polar surface area (TPSA) is 108 Å². The molecule has 0 atom stereocenters. The minimum atomic E-state index is -5.08.